The van der Waals surface area contributed by atoms with Gasteiger partial charge in [0.2, 0.25) is 5.96 Å². The molecule has 2 aliphatic rings. The lowest BCUT2D eigenvalue weighted by molar-refractivity contribution is -0.133. The summed E-state index contributed by atoms with van der Waals surface area (Å²) in [6.07, 6.45) is 7.22. The Morgan fingerprint density at radius 3 is 2.55 bits per heavy atom. The van der Waals surface area contributed by atoms with E-state index in [9.17, 15) is 4.79 Å². The summed E-state index contributed by atoms with van der Waals surface area (Å²) in [7, 11) is 1.62. The highest BCUT2D eigenvalue weighted by molar-refractivity contribution is 6.07. The fourth-order valence-corrected chi connectivity index (χ4v) is 3.45. The minimum absolute atomic E-state index is 0.0465. The van der Waals surface area contributed by atoms with Crippen molar-refractivity contribution in [3.63, 3.8) is 0 Å². The van der Waals surface area contributed by atoms with Gasteiger partial charge in [0.1, 0.15) is 0 Å². The van der Waals surface area contributed by atoms with Gasteiger partial charge in [-0.25, -0.2) is 5.84 Å². The van der Waals surface area contributed by atoms with Crippen LogP contribution in [0.25, 0.3) is 0 Å². The molecule has 1 aromatic carbocycles. The molecule has 1 saturated heterocycles. The molecule has 1 aliphatic heterocycles. The first-order chi connectivity index (χ1) is 10.6. The second kappa shape index (κ2) is 5.57. The number of hydrogen-bond acceptors (Lipinski definition) is 3. The highest BCUT2D eigenvalue weighted by Crippen LogP contribution is 2.41. The van der Waals surface area contributed by atoms with Crippen LogP contribution in [0.15, 0.2) is 42.0 Å². The molecule has 1 amide bonds. The van der Waals surface area contributed by atoms with Crippen LogP contribution in [-0.4, -0.2) is 28.8 Å². The maximum atomic E-state index is 13.0. The summed E-state index contributed by atoms with van der Waals surface area (Å²) in [6.45, 7) is 0. The average molecular weight is 298 g/mol. The zero-order valence-corrected chi connectivity index (χ0v) is 12.9. The third-order valence-electron chi connectivity index (χ3n) is 4.73. The van der Waals surface area contributed by atoms with Crippen molar-refractivity contribution in [2.45, 2.75) is 37.6 Å². The number of carbonyl (C=O) groups is 1. The highest BCUT2D eigenvalue weighted by atomic mass is 16.2. The maximum absolute atomic E-state index is 13.0. The summed E-state index contributed by atoms with van der Waals surface area (Å²) >= 11 is 0. The fourth-order valence-electron chi connectivity index (χ4n) is 3.45. The maximum Gasteiger partial charge on any atom is 0.261 e. The van der Waals surface area contributed by atoms with Crippen molar-refractivity contribution in [2.75, 3.05) is 7.05 Å². The van der Waals surface area contributed by atoms with Crippen LogP contribution in [0.5, 0.6) is 0 Å². The molecule has 1 fully saturated rings. The van der Waals surface area contributed by atoms with Crippen molar-refractivity contribution >= 4 is 11.9 Å². The molecular weight excluding hydrogens is 276 g/mol. The molecule has 1 aromatic rings. The number of amides is 1. The first-order valence-corrected chi connectivity index (χ1v) is 7.72. The second-order valence-corrected chi connectivity index (χ2v) is 6.07. The van der Waals surface area contributed by atoms with Crippen LogP contribution in [0.4, 0.5) is 0 Å². The predicted molar refractivity (Wildman–Crippen MR) is 85.8 cm³/mol. The summed E-state index contributed by atoms with van der Waals surface area (Å²) in [5, 5.41) is 9.43. The highest BCUT2D eigenvalue weighted by Gasteiger charge is 2.54. The average Bonchev–Trinajstić information content (AvgIpc) is 2.73. The van der Waals surface area contributed by atoms with Gasteiger partial charge in [0.05, 0.1) is 0 Å². The van der Waals surface area contributed by atoms with Crippen molar-refractivity contribution in [1.82, 2.24) is 9.91 Å². The minimum Gasteiger partial charge on any atom is -0.282 e. The van der Waals surface area contributed by atoms with E-state index in [1.54, 1.807) is 7.05 Å². The molecule has 22 heavy (non-hydrogen) atoms. The Labute approximate surface area is 130 Å². The second-order valence-electron chi connectivity index (χ2n) is 6.07. The lowest BCUT2D eigenvalue weighted by Crippen LogP contribution is -2.51. The number of allylic oxidation sites excluding steroid dienone is 1. The van der Waals surface area contributed by atoms with Crippen LogP contribution in [0.3, 0.4) is 0 Å². The van der Waals surface area contributed by atoms with Crippen LogP contribution >= 0.6 is 0 Å². The Morgan fingerprint density at radius 1 is 1.27 bits per heavy atom. The van der Waals surface area contributed by atoms with Gasteiger partial charge in [-0.3, -0.25) is 20.1 Å². The van der Waals surface area contributed by atoms with Crippen molar-refractivity contribution in [3.8, 4) is 0 Å². The lowest BCUT2D eigenvalue weighted by atomic mass is 9.80. The summed E-state index contributed by atoms with van der Waals surface area (Å²) in [5.41, 5.74) is 1.13. The number of nitrogens with two attached hydrogens (primary N) is 1. The van der Waals surface area contributed by atoms with Crippen LogP contribution in [0.1, 0.15) is 37.7 Å². The molecule has 0 spiro atoms. The molecule has 3 N–H and O–H groups in total. The Bertz CT molecular complexity index is 625. The van der Waals surface area contributed by atoms with E-state index in [4.69, 9.17) is 11.3 Å². The summed E-state index contributed by atoms with van der Waals surface area (Å²) in [6, 6.07) is 9.60. The first kappa shape index (κ1) is 14.8. The monoisotopic (exact) mass is 298 g/mol. The van der Waals surface area contributed by atoms with Crippen LogP contribution < -0.4 is 5.84 Å². The van der Waals surface area contributed by atoms with Gasteiger partial charge >= 0.3 is 0 Å². The number of likely N-dealkylation sites (N-methyl/N-ethyl adjacent to an activating group) is 1. The smallest absolute Gasteiger partial charge is 0.261 e. The molecule has 0 bridgehead atoms. The quantitative estimate of drug-likeness (QED) is 0.664. The molecule has 1 atom stereocenters. The van der Waals surface area contributed by atoms with Gasteiger partial charge in [-0.2, -0.15) is 0 Å². The third-order valence-corrected chi connectivity index (χ3v) is 4.73. The molecule has 5 heteroatoms. The van der Waals surface area contributed by atoms with Crippen LogP contribution in [-0.2, 0) is 10.3 Å². The zero-order chi connectivity index (χ0) is 15.7. The number of nitrogens with zero attached hydrogens (tertiary/aromatic N) is 2. The van der Waals surface area contributed by atoms with E-state index in [-0.39, 0.29) is 11.9 Å². The number of carbonyl (C=O) groups excluding carboxylic acids is 1. The van der Waals surface area contributed by atoms with E-state index < -0.39 is 5.54 Å². The first-order valence-electron chi connectivity index (χ1n) is 7.72. The van der Waals surface area contributed by atoms with Crippen molar-refractivity contribution in [3.05, 3.63) is 47.5 Å². The number of hydrazine groups is 1. The minimum atomic E-state index is -0.990. The van der Waals surface area contributed by atoms with Gasteiger partial charge in [-0.05, 0) is 31.2 Å². The fraction of sp³-hybridized carbons (Fsp3) is 0.412. The Kier molecular flexibility index (Phi) is 3.74. The molecule has 116 valence electrons. The van der Waals surface area contributed by atoms with E-state index in [0.717, 1.165) is 24.8 Å². The number of guanidine groups is 1. The normalized spacial score (nSPS) is 25.6. The van der Waals surface area contributed by atoms with Crippen molar-refractivity contribution in [2.24, 2.45) is 5.84 Å². The topological polar surface area (TPSA) is 73.4 Å². The van der Waals surface area contributed by atoms with Gasteiger partial charge in [-0.15, -0.1) is 0 Å². The van der Waals surface area contributed by atoms with E-state index in [1.807, 2.05) is 30.3 Å². The van der Waals surface area contributed by atoms with Gasteiger partial charge < -0.3 is 0 Å². The number of rotatable bonds is 3. The van der Waals surface area contributed by atoms with Gasteiger partial charge in [0, 0.05) is 13.5 Å². The number of hydrogen-bond donors (Lipinski definition) is 2. The van der Waals surface area contributed by atoms with E-state index >= 15 is 0 Å². The zero-order valence-electron chi connectivity index (χ0n) is 12.9. The molecule has 0 radical (unpaired) electrons. The molecule has 1 aliphatic carbocycles. The lowest BCUT2D eigenvalue weighted by Gasteiger charge is -2.34. The largest absolute Gasteiger partial charge is 0.282 e. The predicted octanol–water partition coefficient (Wildman–Crippen LogP) is 2.35. The van der Waals surface area contributed by atoms with Crippen molar-refractivity contribution < 1.29 is 4.79 Å². The summed E-state index contributed by atoms with van der Waals surface area (Å²) < 4.78 is 0. The molecule has 0 saturated carbocycles. The molecule has 1 unspecified atom stereocenters. The Balaban J connectivity index is 2.09. The molecule has 3 rings (SSSR count). The standard InChI is InChI=1S/C17H22N4O/c1-20-15(22)17(21(19)16(20)18,14-10-6-3-7-11-14)12-13-8-4-2-5-9-13/h3,6-8,10-11,18H,2,4-5,9,12,19H2,1H3. The molecule has 5 nitrogen and oxygen atoms in total. The van der Waals surface area contributed by atoms with E-state index in [0.29, 0.717) is 6.42 Å². The summed E-state index contributed by atoms with van der Waals surface area (Å²) in [5.74, 6) is 6.13. The van der Waals surface area contributed by atoms with E-state index in [2.05, 4.69) is 6.08 Å². The van der Waals surface area contributed by atoms with Gasteiger partial charge in [-0.1, -0.05) is 42.0 Å². The van der Waals surface area contributed by atoms with E-state index in [1.165, 1.54) is 21.9 Å². The van der Waals surface area contributed by atoms with Crippen LogP contribution in [0, 0.1) is 5.41 Å². The van der Waals surface area contributed by atoms with Crippen molar-refractivity contribution in [1.29, 1.82) is 5.41 Å². The Hall–Kier alpha value is -2.14. The van der Waals surface area contributed by atoms with Gasteiger partial charge in [0.25, 0.3) is 5.91 Å². The number of benzene rings is 1. The SMILES string of the molecule is CN1C(=N)N(N)C(CC2=CCCCC2)(c2ccccc2)C1=O. The summed E-state index contributed by atoms with van der Waals surface area (Å²) in [4.78, 5) is 14.3. The Morgan fingerprint density at radius 2 is 2.00 bits per heavy atom. The molecule has 1 heterocycles. The third kappa shape index (κ3) is 2.13. The number of nitrogens with one attached hydrogen (secondary N) is 1. The van der Waals surface area contributed by atoms with Crippen LogP contribution in [0.2, 0.25) is 0 Å². The molecular formula is C17H22N4O. The van der Waals surface area contributed by atoms with Gasteiger partial charge in [0.15, 0.2) is 5.54 Å². The molecule has 0 aromatic heterocycles.